The Morgan fingerprint density at radius 2 is 2.20 bits per heavy atom. The van der Waals surface area contributed by atoms with Crippen molar-refractivity contribution in [2.75, 3.05) is 25.9 Å². The van der Waals surface area contributed by atoms with Crippen molar-refractivity contribution in [1.29, 1.82) is 0 Å². The third kappa shape index (κ3) is 3.11. The average molecular weight is 274 g/mol. The van der Waals surface area contributed by atoms with E-state index in [2.05, 4.69) is 29.0 Å². The molecule has 0 aliphatic rings. The molecule has 5 nitrogen and oxygen atoms in total. The molecule has 0 saturated heterocycles. The summed E-state index contributed by atoms with van der Waals surface area (Å²) in [5, 5.41) is 3.80. The van der Waals surface area contributed by atoms with Crippen molar-refractivity contribution in [3.05, 3.63) is 30.0 Å². The normalized spacial score (nSPS) is 11.4. The van der Waals surface area contributed by atoms with Crippen LogP contribution in [0.5, 0.6) is 0 Å². The molecule has 0 fully saturated rings. The highest BCUT2D eigenvalue weighted by Gasteiger charge is 2.12. The monoisotopic (exact) mass is 274 g/mol. The molecule has 0 atom stereocenters. The number of aromatic amines is 1. The Morgan fingerprint density at radius 3 is 2.90 bits per heavy atom. The first-order valence-corrected chi connectivity index (χ1v) is 6.84. The fourth-order valence-corrected chi connectivity index (χ4v) is 2.03. The number of hydrogen-bond acceptors (Lipinski definition) is 3. The molecule has 1 aromatic heterocycles. The zero-order valence-electron chi connectivity index (χ0n) is 12.2. The number of rotatable bonds is 5. The highest BCUT2D eigenvalue weighted by Crippen LogP contribution is 2.20. The lowest BCUT2D eigenvalue weighted by Gasteiger charge is -2.20. The number of likely N-dealkylation sites (N-methyl/N-ethyl adjacent to an activating group) is 1. The summed E-state index contributed by atoms with van der Waals surface area (Å²) in [5.41, 5.74) is 7.99. The SMILES string of the molecule is CC(C)N(C)CCNC(=O)c1c[nH]c2ccc(N)cc12. The topological polar surface area (TPSA) is 74.2 Å². The van der Waals surface area contributed by atoms with Crippen LogP contribution in [-0.4, -0.2) is 42.0 Å². The van der Waals surface area contributed by atoms with Crippen molar-refractivity contribution < 1.29 is 4.79 Å². The Morgan fingerprint density at radius 1 is 1.45 bits per heavy atom. The summed E-state index contributed by atoms with van der Waals surface area (Å²) in [7, 11) is 2.04. The average Bonchev–Trinajstić information content (AvgIpc) is 2.81. The minimum absolute atomic E-state index is 0.0704. The van der Waals surface area contributed by atoms with Gasteiger partial charge < -0.3 is 20.9 Å². The van der Waals surface area contributed by atoms with E-state index in [0.29, 0.717) is 23.8 Å². The minimum Gasteiger partial charge on any atom is -0.399 e. The van der Waals surface area contributed by atoms with Crippen LogP contribution in [0.25, 0.3) is 10.9 Å². The molecule has 0 aliphatic carbocycles. The number of carbonyl (C=O) groups excluding carboxylic acids is 1. The van der Waals surface area contributed by atoms with Gasteiger partial charge in [-0.3, -0.25) is 4.79 Å². The Hall–Kier alpha value is -2.01. The van der Waals surface area contributed by atoms with Gasteiger partial charge in [-0.15, -0.1) is 0 Å². The van der Waals surface area contributed by atoms with Crippen LogP contribution in [0, 0.1) is 0 Å². The Kier molecular flexibility index (Phi) is 4.29. The van der Waals surface area contributed by atoms with Gasteiger partial charge >= 0.3 is 0 Å². The van der Waals surface area contributed by atoms with Crippen LogP contribution >= 0.6 is 0 Å². The summed E-state index contributed by atoms with van der Waals surface area (Å²) < 4.78 is 0. The quantitative estimate of drug-likeness (QED) is 0.728. The van der Waals surface area contributed by atoms with Gasteiger partial charge in [-0.1, -0.05) is 0 Å². The van der Waals surface area contributed by atoms with E-state index in [-0.39, 0.29) is 5.91 Å². The van der Waals surface area contributed by atoms with Gasteiger partial charge in [-0.2, -0.15) is 0 Å². The number of nitrogens with zero attached hydrogens (tertiary/aromatic N) is 1. The van der Waals surface area contributed by atoms with Crippen LogP contribution in [0.3, 0.4) is 0 Å². The number of H-pyrrole nitrogens is 1. The number of hydrogen-bond donors (Lipinski definition) is 3. The minimum atomic E-state index is -0.0704. The van der Waals surface area contributed by atoms with Crippen molar-refractivity contribution in [3.63, 3.8) is 0 Å². The van der Waals surface area contributed by atoms with Gasteiger partial charge in [0, 0.05) is 41.9 Å². The molecule has 5 heteroatoms. The zero-order valence-corrected chi connectivity index (χ0v) is 12.2. The number of fused-ring (bicyclic) bond motifs is 1. The molecular weight excluding hydrogens is 252 g/mol. The zero-order chi connectivity index (χ0) is 14.7. The van der Waals surface area contributed by atoms with Crippen molar-refractivity contribution in [2.24, 2.45) is 0 Å². The second kappa shape index (κ2) is 5.96. The molecule has 0 saturated carbocycles. The fourth-order valence-electron chi connectivity index (χ4n) is 2.03. The van der Waals surface area contributed by atoms with Crippen molar-refractivity contribution in [3.8, 4) is 0 Å². The standard InChI is InChI=1S/C15H22N4O/c1-10(2)19(3)7-6-17-15(20)13-9-18-14-5-4-11(16)8-12(13)14/h4-5,8-10,18H,6-7,16H2,1-3H3,(H,17,20). The van der Waals surface area contributed by atoms with Gasteiger partial charge in [-0.05, 0) is 39.1 Å². The van der Waals surface area contributed by atoms with Gasteiger partial charge in [0.1, 0.15) is 0 Å². The first kappa shape index (κ1) is 14.4. The fraction of sp³-hybridized carbons (Fsp3) is 0.400. The van der Waals surface area contributed by atoms with Crippen LogP contribution in [0.2, 0.25) is 0 Å². The lowest BCUT2D eigenvalue weighted by atomic mass is 10.1. The smallest absolute Gasteiger partial charge is 0.253 e. The third-order valence-electron chi connectivity index (χ3n) is 3.58. The Balaban J connectivity index is 2.03. The molecule has 0 bridgehead atoms. The highest BCUT2D eigenvalue weighted by atomic mass is 16.1. The number of carbonyl (C=O) groups is 1. The largest absolute Gasteiger partial charge is 0.399 e. The number of anilines is 1. The van der Waals surface area contributed by atoms with E-state index in [1.807, 2.05) is 25.2 Å². The molecule has 20 heavy (non-hydrogen) atoms. The molecule has 1 heterocycles. The predicted octanol–water partition coefficient (Wildman–Crippen LogP) is 1.82. The highest BCUT2D eigenvalue weighted by molar-refractivity contribution is 6.07. The molecule has 108 valence electrons. The number of nitrogens with two attached hydrogens (primary N) is 1. The molecule has 0 spiro atoms. The maximum Gasteiger partial charge on any atom is 0.253 e. The molecule has 0 aliphatic heterocycles. The summed E-state index contributed by atoms with van der Waals surface area (Å²) in [4.78, 5) is 17.5. The second-order valence-electron chi connectivity index (χ2n) is 5.34. The van der Waals surface area contributed by atoms with Crippen LogP contribution in [0.1, 0.15) is 24.2 Å². The summed E-state index contributed by atoms with van der Waals surface area (Å²) >= 11 is 0. The van der Waals surface area contributed by atoms with Gasteiger partial charge in [0.15, 0.2) is 0 Å². The maximum absolute atomic E-state index is 12.2. The van der Waals surface area contributed by atoms with E-state index in [9.17, 15) is 4.79 Å². The van der Waals surface area contributed by atoms with E-state index >= 15 is 0 Å². The van der Waals surface area contributed by atoms with E-state index in [1.165, 1.54) is 0 Å². The van der Waals surface area contributed by atoms with Crippen molar-refractivity contribution in [2.45, 2.75) is 19.9 Å². The Labute approximate surface area is 119 Å². The molecular formula is C15H22N4O. The second-order valence-corrected chi connectivity index (χ2v) is 5.34. The third-order valence-corrected chi connectivity index (χ3v) is 3.58. The lowest BCUT2D eigenvalue weighted by molar-refractivity contribution is 0.0950. The van der Waals surface area contributed by atoms with Crippen LogP contribution < -0.4 is 11.1 Å². The maximum atomic E-state index is 12.2. The van der Waals surface area contributed by atoms with Gasteiger partial charge in [0.05, 0.1) is 5.56 Å². The summed E-state index contributed by atoms with van der Waals surface area (Å²) in [6, 6.07) is 5.99. The Bertz CT molecular complexity index is 603. The lowest BCUT2D eigenvalue weighted by Crippen LogP contribution is -2.36. The molecule has 2 rings (SSSR count). The predicted molar refractivity (Wildman–Crippen MR) is 82.8 cm³/mol. The number of benzene rings is 1. The van der Waals surface area contributed by atoms with E-state index < -0.39 is 0 Å². The van der Waals surface area contributed by atoms with E-state index in [4.69, 9.17) is 5.73 Å². The summed E-state index contributed by atoms with van der Waals surface area (Å²) in [5.74, 6) is -0.0704. The van der Waals surface area contributed by atoms with Gasteiger partial charge in [0.2, 0.25) is 0 Å². The van der Waals surface area contributed by atoms with Crippen molar-refractivity contribution >= 4 is 22.5 Å². The van der Waals surface area contributed by atoms with Gasteiger partial charge in [-0.25, -0.2) is 0 Å². The van der Waals surface area contributed by atoms with Gasteiger partial charge in [0.25, 0.3) is 5.91 Å². The van der Waals surface area contributed by atoms with Crippen LogP contribution in [0.15, 0.2) is 24.4 Å². The molecule has 0 unspecified atom stereocenters. The first-order chi connectivity index (χ1) is 9.49. The molecule has 4 N–H and O–H groups in total. The van der Waals surface area contributed by atoms with E-state index in [1.54, 1.807) is 6.20 Å². The first-order valence-electron chi connectivity index (χ1n) is 6.84. The molecule has 2 aromatic rings. The molecule has 1 amide bonds. The summed E-state index contributed by atoms with van der Waals surface area (Å²) in [6.45, 7) is 5.71. The number of nitrogens with one attached hydrogen (secondary N) is 2. The van der Waals surface area contributed by atoms with Crippen molar-refractivity contribution in [1.82, 2.24) is 15.2 Å². The molecule has 0 radical (unpaired) electrons. The van der Waals surface area contributed by atoms with Crippen LogP contribution in [0.4, 0.5) is 5.69 Å². The summed E-state index contributed by atoms with van der Waals surface area (Å²) in [6.07, 6.45) is 1.73. The number of aromatic nitrogens is 1. The van der Waals surface area contributed by atoms with Crippen LogP contribution in [-0.2, 0) is 0 Å². The number of amides is 1. The molecule has 1 aromatic carbocycles. The van der Waals surface area contributed by atoms with E-state index in [0.717, 1.165) is 17.4 Å². The number of nitrogen functional groups attached to an aromatic ring is 1.